The van der Waals surface area contributed by atoms with Crippen molar-refractivity contribution in [1.82, 2.24) is 0 Å². The minimum absolute atomic E-state index is 0.192. The van der Waals surface area contributed by atoms with Gasteiger partial charge in [0.15, 0.2) is 0 Å². The van der Waals surface area contributed by atoms with Gasteiger partial charge in [-0.25, -0.2) is 4.79 Å². The molecule has 1 amide bonds. The Kier molecular flexibility index (Phi) is 5.00. The topological polar surface area (TPSA) is 55.4 Å². The number of carbonyl (C=O) groups excluding carboxylic acids is 2. The second-order valence-corrected chi connectivity index (χ2v) is 6.89. The monoisotopic (exact) mass is 343 g/mol. The van der Waals surface area contributed by atoms with Crippen LogP contribution < -0.4 is 5.32 Å². The minimum atomic E-state index is -0.339. The van der Waals surface area contributed by atoms with Crippen LogP contribution in [0.5, 0.6) is 0 Å². The molecule has 0 fully saturated rings. The largest absolute Gasteiger partial charge is 0.462 e. The predicted octanol–water partition coefficient (Wildman–Crippen LogP) is 4.23. The number of anilines is 1. The smallest absolute Gasteiger partial charge is 0.341 e. The lowest BCUT2D eigenvalue weighted by Crippen LogP contribution is -2.15. The van der Waals surface area contributed by atoms with E-state index in [1.54, 1.807) is 6.92 Å². The number of rotatable bonds is 5. The van der Waals surface area contributed by atoms with E-state index in [-0.39, 0.29) is 11.9 Å². The van der Waals surface area contributed by atoms with Gasteiger partial charge < -0.3 is 10.1 Å². The molecular formula is C19H21NO3S. The molecule has 24 heavy (non-hydrogen) atoms. The maximum atomic E-state index is 12.5. The van der Waals surface area contributed by atoms with Gasteiger partial charge in [-0.2, -0.15) is 0 Å². The van der Waals surface area contributed by atoms with Crippen LogP contribution in [0.1, 0.15) is 57.0 Å². The molecule has 1 aliphatic rings. The van der Waals surface area contributed by atoms with Crippen LogP contribution in [0, 0.1) is 0 Å². The Morgan fingerprint density at radius 2 is 1.92 bits per heavy atom. The van der Waals surface area contributed by atoms with E-state index in [1.165, 1.54) is 21.8 Å². The number of benzene rings is 1. The zero-order valence-electron chi connectivity index (χ0n) is 14.0. The summed E-state index contributed by atoms with van der Waals surface area (Å²) in [6.07, 6.45) is 3.83. The molecule has 0 saturated carbocycles. The van der Waals surface area contributed by atoms with E-state index >= 15 is 0 Å². The first kappa shape index (κ1) is 16.7. The van der Waals surface area contributed by atoms with Crippen molar-refractivity contribution in [2.75, 3.05) is 11.9 Å². The minimum Gasteiger partial charge on any atom is -0.462 e. The highest BCUT2D eigenvalue weighted by atomic mass is 32.1. The van der Waals surface area contributed by atoms with Crippen LogP contribution in [-0.4, -0.2) is 18.5 Å². The molecule has 126 valence electrons. The van der Waals surface area contributed by atoms with Crippen LogP contribution in [-0.2, 0) is 24.0 Å². The molecule has 5 heteroatoms. The standard InChI is InChI=1S/C19H21NO3S/c1-3-12-8-10-13(11-9-12)17(21)20-18-16(19(22)23-4-2)14-6-5-7-15(14)24-18/h8-11H,3-7H2,1-2H3,(H,20,21). The summed E-state index contributed by atoms with van der Waals surface area (Å²) in [5.74, 6) is -0.531. The van der Waals surface area contributed by atoms with Crippen molar-refractivity contribution in [2.24, 2.45) is 0 Å². The van der Waals surface area contributed by atoms with Gasteiger partial charge in [0.2, 0.25) is 0 Å². The third-order valence-electron chi connectivity index (χ3n) is 4.25. The average Bonchev–Trinajstić information content (AvgIpc) is 3.15. The molecule has 4 nitrogen and oxygen atoms in total. The Morgan fingerprint density at radius 3 is 2.58 bits per heavy atom. The van der Waals surface area contributed by atoms with Crippen LogP contribution in [0.25, 0.3) is 0 Å². The third-order valence-corrected chi connectivity index (χ3v) is 5.46. The maximum absolute atomic E-state index is 12.5. The van der Waals surface area contributed by atoms with Gasteiger partial charge in [0, 0.05) is 10.4 Å². The SMILES string of the molecule is CCOC(=O)c1c(NC(=O)c2ccc(CC)cc2)sc2c1CCC2. The van der Waals surface area contributed by atoms with E-state index in [0.717, 1.165) is 31.2 Å². The second-order valence-electron chi connectivity index (χ2n) is 5.79. The normalized spacial score (nSPS) is 12.8. The van der Waals surface area contributed by atoms with E-state index in [4.69, 9.17) is 4.74 Å². The lowest BCUT2D eigenvalue weighted by Gasteiger charge is -2.08. The highest BCUT2D eigenvalue weighted by molar-refractivity contribution is 7.17. The van der Waals surface area contributed by atoms with E-state index < -0.39 is 0 Å². The number of carbonyl (C=O) groups is 2. The van der Waals surface area contributed by atoms with Gasteiger partial charge in [-0.15, -0.1) is 11.3 Å². The average molecular weight is 343 g/mol. The zero-order valence-corrected chi connectivity index (χ0v) is 14.8. The number of aryl methyl sites for hydroxylation is 2. The van der Waals surface area contributed by atoms with E-state index in [9.17, 15) is 9.59 Å². The zero-order chi connectivity index (χ0) is 17.1. The first-order valence-electron chi connectivity index (χ1n) is 8.36. The van der Waals surface area contributed by atoms with Gasteiger partial charge in [-0.1, -0.05) is 19.1 Å². The Bertz CT molecular complexity index is 762. The lowest BCUT2D eigenvalue weighted by atomic mass is 10.1. The quantitative estimate of drug-likeness (QED) is 0.827. The number of hydrogen-bond acceptors (Lipinski definition) is 4. The molecule has 2 aromatic rings. The van der Waals surface area contributed by atoms with Crippen molar-refractivity contribution in [1.29, 1.82) is 0 Å². The van der Waals surface area contributed by atoms with E-state index in [2.05, 4.69) is 12.2 Å². The molecule has 0 bridgehead atoms. The van der Waals surface area contributed by atoms with Gasteiger partial charge in [0.05, 0.1) is 12.2 Å². The first-order valence-corrected chi connectivity index (χ1v) is 9.17. The highest BCUT2D eigenvalue weighted by Gasteiger charge is 2.28. The molecule has 1 heterocycles. The van der Waals surface area contributed by atoms with Crippen molar-refractivity contribution in [3.63, 3.8) is 0 Å². The van der Waals surface area contributed by atoms with Gasteiger partial charge >= 0.3 is 5.97 Å². The lowest BCUT2D eigenvalue weighted by molar-refractivity contribution is 0.0527. The number of amides is 1. The van der Waals surface area contributed by atoms with Crippen molar-refractivity contribution in [3.05, 3.63) is 51.4 Å². The summed E-state index contributed by atoms with van der Waals surface area (Å²) < 4.78 is 5.19. The fourth-order valence-corrected chi connectivity index (χ4v) is 4.25. The Morgan fingerprint density at radius 1 is 1.17 bits per heavy atom. The predicted molar refractivity (Wildman–Crippen MR) is 96.1 cm³/mol. The second kappa shape index (κ2) is 7.18. The summed E-state index contributed by atoms with van der Waals surface area (Å²) in [7, 11) is 0. The van der Waals surface area contributed by atoms with Crippen LogP contribution in [0.2, 0.25) is 0 Å². The fraction of sp³-hybridized carbons (Fsp3) is 0.368. The van der Waals surface area contributed by atoms with Gasteiger partial charge in [-0.05, 0) is 55.9 Å². The number of ether oxygens (including phenoxy) is 1. The van der Waals surface area contributed by atoms with Crippen molar-refractivity contribution < 1.29 is 14.3 Å². The van der Waals surface area contributed by atoms with E-state index in [0.29, 0.717) is 22.7 Å². The summed E-state index contributed by atoms with van der Waals surface area (Å²) >= 11 is 1.50. The van der Waals surface area contributed by atoms with Crippen LogP contribution in [0.15, 0.2) is 24.3 Å². The summed E-state index contributed by atoms with van der Waals surface area (Å²) in [5.41, 5.74) is 3.38. The molecule has 1 aromatic carbocycles. The maximum Gasteiger partial charge on any atom is 0.341 e. The highest BCUT2D eigenvalue weighted by Crippen LogP contribution is 2.39. The fourth-order valence-electron chi connectivity index (χ4n) is 2.98. The molecule has 0 unspecified atom stereocenters. The number of nitrogens with one attached hydrogen (secondary N) is 1. The molecular weight excluding hydrogens is 322 g/mol. The Hall–Kier alpha value is -2.14. The third kappa shape index (κ3) is 3.22. The number of thiophene rings is 1. The van der Waals surface area contributed by atoms with Crippen molar-refractivity contribution in [2.45, 2.75) is 39.5 Å². The molecule has 0 spiro atoms. The molecule has 1 aromatic heterocycles. The molecule has 0 aliphatic heterocycles. The van der Waals surface area contributed by atoms with Crippen LogP contribution in [0.4, 0.5) is 5.00 Å². The van der Waals surface area contributed by atoms with Crippen molar-refractivity contribution in [3.8, 4) is 0 Å². The molecule has 1 N–H and O–H groups in total. The number of hydrogen-bond donors (Lipinski definition) is 1. The summed E-state index contributed by atoms with van der Waals surface area (Å²) in [5, 5.41) is 3.53. The number of fused-ring (bicyclic) bond motifs is 1. The number of esters is 1. The summed E-state index contributed by atoms with van der Waals surface area (Å²) in [6, 6.07) is 7.55. The molecule has 0 atom stereocenters. The van der Waals surface area contributed by atoms with Gasteiger partial charge in [-0.3, -0.25) is 4.79 Å². The van der Waals surface area contributed by atoms with Gasteiger partial charge in [0.1, 0.15) is 5.00 Å². The molecule has 1 aliphatic carbocycles. The Labute approximate surface area is 145 Å². The van der Waals surface area contributed by atoms with Crippen LogP contribution in [0.3, 0.4) is 0 Å². The molecule has 0 saturated heterocycles. The van der Waals surface area contributed by atoms with E-state index in [1.807, 2.05) is 24.3 Å². The summed E-state index contributed by atoms with van der Waals surface area (Å²) in [6.45, 7) is 4.20. The molecule has 0 radical (unpaired) electrons. The summed E-state index contributed by atoms with van der Waals surface area (Å²) in [4.78, 5) is 26.0. The first-order chi connectivity index (χ1) is 11.6. The van der Waals surface area contributed by atoms with Gasteiger partial charge in [0.25, 0.3) is 5.91 Å². The van der Waals surface area contributed by atoms with Crippen LogP contribution >= 0.6 is 11.3 Å². The Balaban J connectivity index is 1.86. The van der Waals surface area contributed by atoms with Crippen molar-refractivity contribution >= 4 is 28.2 Å². The molecule has 3 rings (SSSR count).